The second kappa shape index (κ2) is 1.84. The Morgan fingerprint density at radius 2 is 2.44 bits per heavy atom. The van der Waals surface area contributed by atoms with Gasteiger partial charge in [-0.15, -0.1) is 3.89 Å². The smallest absolute Gasteiger partial charge is 0.207 e. The van der Waals surface area contributed by atoms with Gasteiger partial charge < -0.3 is 0 Å². The van der Waals surface area contributed by atoms with Gasteiger partial charge in [-0.25, -0.2) is 13.2 Å². The fourth-order valence-electron chi connectivity index (χ4n) is 0.408. The molecular formula is C4H5FN2OS. The van der Waals surface area contributed by atoms with Crippen LogP contribution in [0, 0.1) is 0 Å². The number of hydrogen-bond donors (Lipinski definition) is 0. The van der Waals surface area contributed by atoms with E-state index in [2.05, 4.69) is 10.9 Å². The molecule has 0 radical (unpaired) electrons. The molecule has 0 fully saturated rings. The second-order valence-electron chi connectivity index (χ2n) is 1.49. The third-order valence-electron chi connectivity index (χ3n) is 0.795. The summed E-state index contributed by atoms with van der Waals surface area (Å²) >= 11 is 0. The first-order valence-electron chi connectivity index (χ1n) is 2.16. The van der Waals surface area contributed by atoms with Gasteiger partial charge in [0.25, 0.3) is 0 Å². The van der Waals surface area contributed by atoms with E-state index in [0.29, 0.717) is 0 Å². The molecule has 0 N–H and O–H groups in total. The lowest BCUT2D eigenvalue weighted by atomic mass is 11.0. The van der Waals surface area contributed by atoms with Gasteiger partial charge in [0.2, 0.25) is 10.1 Å². The van der Waals surface area contributed by atoms with E-state index in [-0.39, 0.29) is 0 Å². The van der Waals surface area contributed by atoms with E-state index in [1.807, 2.05) is 0 Å². The highest BCUT2D eigenvalue weighted by atomic mass is 32.3. The molecule has 3 nitrogen and oxygen atoms in total. The molecule has 0 saturated heterocycles. The average Bonchev–Trinajstić information content (AvgIpc) is 2.08. The highest BCUT2D eigenvalue weighted by molar-refractivity contribution is 7.94. The van der Waals surface area contributed by atoms with E-state index >= 15 is 0 Å². The van der Waals surface area contributed by atoms with Crippen molar-refractivity contribution in [1.29, 1.82) is 0 Å². The quantitative estimate of drug-likeness (QED) is 0.422. The maximum absolute atomic E-state index is 12.3. The number of imidazole rings is 1. The summed E-state index contributed by atoms with van der Waals surface area (Å²) in [5.74, 6) is 2.80. The van der Waals surface area contributed by atoms with Crippen LogP contribution in [-0.2, 0) is 10.1 Å². The van der Waals surface area contributed by atoms with Crippen molar-refractivity contribution < 1.29 is 8.09 Å². The lowest BCUT2D eigenvalue weighted by molar-refractivity contribution is 0.637. The van der Waals surface area contributed by atoms with Gasteiger partial charge in [0.1, 0.15) is 6.33 Å². The highest BCUT2D eigenvalue weighted by Gasteiger charge is 1.98. The summed E-state index contributed by atoms with van der Waals surface area (Å²) in [5.41, 5.74) is 0. The molecule has 0 aliphatic carbocycles. The Balaban J connectivity index is 3.20. The molecule has 1 unspecified atom stereocenters. The molecule has 0 aromatic carbocycles. The minimum absolute atomic E-state index is 0.826. The Kier molecular flexibility index (Phi) is 1.28. The predicted molar refractivity (Wildman–Crippen MR) is 34.0 cm³/mol. The van der Waals surface area contributed by atoms with Crippen LogP contribution in [0.25, 0.3) is 0 Å². The van der Waals surface area contributed by atoms with Gasteiger partial charge in [0.15, 0.2) is 0 Å². The van der Waals surface area contributed by atoms with E-state index in [9.17, 15) is 8.09 Å². The molecule has 1 atom stereocenters. The summed E-state index contributed by atoms with van der Waals surface area (Å²) in [6.07, 6.45) is 3.72. The monoisotopic (exact) mass is 148 g/mol. The standard InChI is InChI=1S/C4H5FN2OS/c1-9(5,8)7-3-2-6-4-7/h2-4H,1H2. The molecular weight excluding hydrogens is 143 g/mol. The summed E-state index contributed by atoms with van der Waals surface area (Å²) in [4.78, 5) is 3.49. The van der Waals surface area contributed by atoms with Crippen molar-refractivity contribution in [3.05, 3.63) is 18.7 Å². The fourth-order valence-corrected chi connectivity index (χ4v) is 0.840. The fraction of sp³-hybridized carbons (Fsp3) is 0. The van der Waals surface area contributed by atoms with Crippen LogP contribution >= 0.6 is 0 Å². The molecule has 1 aromatic rings. The van der Waals surface area contributed by atoms with Crippen LogP contribution in [0.15, 0.2) is 18.7 Å². The van der Waals surface area contributed by atoms with Gasteiger partial charge >= 0.3 is 0 Å². The van der Waals surface area contributed by atoms with E-state index in [1.165, 1.54) is 12.4 Å². The minimum Gasteiger partial charge on any atom is -0.244 e. The number of aromatic nitrogens is 2. The molecule has 1 heterocycles. The van der Waals surface area contributed by atoms with Gasteiger partial charge in [-0.1, -0.05) is 0 Å². The van der Waals surface area contributed by atoms with Crippen LogP contribution in [0.1, 0.15) is 0 Å². The van der Waals surface area contributed by atoms with Crippen molar-refractivity contribution in [3.8, 4) is 0 Å². The first-order chi connectivity index (χ1) is 4.11. The lowest BCUT2D eigenvalue weighted by Gasteiger charge is -1.94. The SMILES string of the molecule is C=S(=O)(F)n1ccnc1. The van der Waals surface area contributed by atoms with Crippen LogP contribution < -0.4 is 0 Å². The van der Waals surface area contributed by atoms with Crippen molar-refractivity contribution in [2.45, 2.75) is 0 Å². The summed E-state index contributed by atoms with van der Waals surface area (Å²) in [7, 11) is -3.61. The third kappa shape index (κ3) is 1.29. The zero-order valence-corrected chi connectivity index (χ0v) is 5.34. The van der Waals surface area contributed by atoms with E-state index in [0.717, 1.165) is 10.3 Å². The molecule has 0 saturated carbocycles. The Morgan fingerprint density at radius 1 is 1.78 bits per heavy atom. The normalized spacial score (nSPS) is 17.0. The second-order valence-corrected chi connectivity index (χ2v) is 3.03. The van der Waals surface area contributed by atoms with E-state index in [1.54, 1.807) is 0 Å². The number of hydrogen-bond acceptors (Lipinski definition) is 2. The molecule has 50 valence electrons. The molecule has 1 aromatic heterocycles. The summed E-state index contributed by atoms with van der Waals surface area (Å²) in [6.45, 7) is 0. The molecule has 0 amide bonds. The van der Waals surface area contributed by atoms with Crippen LogP contribution in [0.2, 0.25) is 0 Å². The largest absolute Gasteiger partial charge is 0.244 e. The first kappa shape index (κ1) is 6.28. The van der Waals surface area contributed by atoms with Crippen molar-refractivity contribution in [2.75, 3.05) is 0 Å². The topological polar surface area (TPSA) is 34.9 Å². The van der Waals surface area contributed by atoms with Crippen molar-refractivity contribution in [2.24, 2.45) is 0 Å². The molecule has 1 rings (SSSR count). The molecule has 0 bridgehead atoms. The van der Waals surface area contributed by atoms with Crippen molar-refractivity contribution in [3.63, 3.8) is 0 Å². The average molecular weight is 148 g/mol. The highest BCUT2D eigenvalue weighted by Crippen LogP contribution is 1.95. The lowest BCUT2D eigenvalue weighted by Crippen LogP contribution is -2.01. The third-order valence-corrected chi connectivity index (χ3v) is 1.64. The zero-order valence-electron chi connectivity index (χ0n) is 4.53. The Hall–Kier alpha value is -0.840. The number of halogens is 1. The first-order valence-corrected chi connectivity index (χ1v) is 3.74. The summed E-state index contributed by atoms with van der Waals surface area (Å²) in [5, 5.41) is 0. The molecule has 0 spiro atoms. The predicted octanol–water partition coefficient (Wildman–Crippen LogP) is 0.247. The van der Waals surface area contributed by atoms with Gasteiger partial charge in [-0.3, -0.25) is 0 Å². The van der Waals surface area contributed by atoms with E-state index in [4.69, 9.17) is 0 Å². The van der Waals surface area contributed by atoms with Crippen LogP contribution in [0.4, 0.5) is 3.89 Å². The summed E-state index contributed by atoms with van der Waals surface area (Å²) < 4.78 is 23.5. The van der Waals surface area contributed by atoms with Crippen LogP contribution in [0.3, 0.4) is 0 Å². The van der Waals surface area contributed by atoms with Crippen LogP contribution in [0.5, 0.6) is 0 Å². The van der Waals surface area contributed by atoms with Crippen LogP contribution in [-0.4, -0.2) is 19.0 Å². The molecule has 0 aliphatic rings. The van der Waals surface area contributed by atoms with Gasteiger partial charge in [0, 0.05) is 18.3 Å². The molecule has 5 heteroatoms. The number of nitrogens with zero attached hydrogens (tertiary/aromatic N) is 2. The summed E-state index contributed by atoms with van der Waals surface area (Å²) in [6, 6.07) is 0. The zero-order chi connectivity index (χ0) is 6.91. The Bertz CT molecular complexity index is 276. The molecule has 0 aliphatic heterocycles. The van der Waals surface area contributed by atoms with Crippen molar-refractivity contribution >= 4 is 16.0 Å². The van der Waals surface area contributed by atoms with Gasteiger partial charge in [0.05, 0.1) is 0 Å². The Labute approximate surface area is 52.6 Å². The minimum atomic E-state index is -3.61. The number of rotatable bonds is 1. The maximum atomic E-state index is 12.3. The maximum Gasteiger partial charge on any atom is 0.207 e. The van der Waals surface area contributed by atoms with Gasteiger partial charge in [-0.2, -0.15) is 0 Å². The van der Waals surface area contributed by atoms with Gasteiger partial charge in [-0.05, 0) is 0 Å². The van der Waals surface area contributed by atoms with E-state index < -0.39 is 10.1 Å². The molecule has 9 heavy (non-hydrogen) atoms. The van der Waals surface area contributed by atoms with Crippen molar-refractivity contribution in [1.82, 2.24) is 8.96 Å². The Morgan fingerprint density at radius 3 is 2.67 bits per heavy atom.